The minimum absolute atomic E-state index is 0.0266. The monoisotopic (exact) mass is 281 g/mol. The summed E-state index contributed by atoms with van der Waals surface area (Å²) in [4.78, 5) is 19.3. The lowest BCUT2D eigenvalue weighted by atomic mass is 10.3. The molecule has 1 unspecified atom stereocenters. The number of morpholine rings is 1. The number of hydrogen-bond acceptors (Lipinski definition) is 5. The van der Waals surface area contributed by atoms with Crippen molar-refractivity contribution in [3.8, 4) is 0 Å². The Morgan fingerprint density at radius 3 is 3.21 bits per heavy atom. The fourth-order valence-electron chi connectivity index (χ4n) is 2.20. The molecule has 3 rings (SSSR count). The molecule has 1 saturated carbocycles. The van der Waals surface area contributed by atoms with Gasteiger partial charge in [-0.3, -0.25) is 4.79 Å². The highest BCUT2D eigenvalue weighted by Crippen LogP contribution is 2.41. The highest BCUT2D eigenvalue weighted by Gasteiger charge is 2.27. The van der Waals surface area contributed by atoms with Gasteiger partial charge in [0.15, 0.2) is 0 Å². The third kappa shape index (κ3) is 3.32. The van der Waals surface area contributed by atoms with Gasteiger partial charge < -0.3 is 15.0 Å². The van der Waals surface area contributed by atoms with Crippen LogP contribution in [0.2, 0.25) is 0 Å². The number of ether oxygens (including phenoxy) is 1. The Kier molecular flexibility index (Phi) is 3.81. The van der Waals surface area contributed by atoms with Crippen LogP contribution in [-0.4, -0.2) is 55.2 Å². The zero-order chi connectivity index (χ0) is 13.2. The first-order valence-corrected chi connectivity index (χ1v) is 7.58. The van der Waals surface area contributed by atoms with Crippen LogP contribution < -0.4 is 5.32 Å². The van der Waals surface area contributed by atoms with Crippen molar-refractivity contribution in [2.45, 2.75) is 24.9 Å². The molecule has 2 fully saturated rings. The molecule has 6 heteroatoms. The van der Waals surface area contributed by atoms with Crippen molar-refractivity contribution in [1.29, 1.82) is 0 Å². The third-order valence-corrected chi connectivity index (χ3v) is 4.66. The molecule has 1 aromatic heterocycles. The van der Waals surface area contributed by atoms with E-state index in [1.807, 2.05) is 0 Å². The Labute approximate surface area is 117 Å². The molecule has 104 valence electrons. The second kappa shape index (κ2) is 5.56. The summed E-state index contributed by atoms with van der Waals surface area (Å²) < 4.78 is 5.62. The molecule has 1 aromatic rings. The van der Waals surface area contributed by atoms with Crippen molar-refractivity contribution in [2.24, 2.45) is 0 Å². The summed E-state index contributed by atoms with van der Waals surface area (Å²) in [7, 11) is 2.07. The molecule has 2 heterocycles. The molecule has 0 aromatic carbocycles. The molecule has 1 aliphatic carbocycles. The van der Waals surface area contributed by atoms with Gasteiger partial charge in [0.2, 0.25) is 0 Å². The number of rotatable bonds is 4. The van der Waals surface area contributed by atoms with Crippen LogP contribution >= 0.6 is 11.3 Å². The number of thiazole rings is 1. The zero-order valence-corrected chi connectivity index (χ0v) is 11.9. The van der Waals surface area contributed by atoms with E-state index in [2.05, 4.69) is 22.2 Å². The van der Waals surface area contributed by atoms with Gasteiger partial charge in [-0.05, 0) is 19.9 Å². The van der Waals surface area contributed by atoms with Gasteiger partial charge in [0.25, 0.3) is 5.91 Å². The first-order valence-electron chi connectivity index (χ1n) is 6.76. The van der Waals surface area contributed by atoms with E-state index in [1.165, 1.54) is 24.2 Å². The van der Waals surface area contributed by atoms with Crippen LogP contribution in [0.15, 0.2) is 6.20 Å². The van der Waals surface area contributed by atoms with Gasteiger partial charge in [-0.15, -0.1) is 11.3 Å². The van der Waals surface area contributed by atoms with Gasteiger partial charge >= 0.3 is 0 Å². The smallest absolute Gasteiger partial charge is 0.263 e. The van der Waals surface area contributed by atoms with Crippen molar-refractivity contribution in [1.82, 2.24) is 15.2 Å². The minimum Gasteiger partial charge on any atom is -0.374 e. The van der Waals surface area contributed by atoms with E-state index < -0.39 is 0 Å². The van der Waals surface area contributed by atoms with E-state index in [4.69, 9.17) is 4.74 Å². The molecule has 2 aliphatic rings. The predicted octanol–water partition coefficient (Wildman–Crippen LogP) is 1.08. The molecule has 1 aliphatic heterocycles. The SMILES string of the molecule is CN1CCOC(CNC(=O)c2cnc(C3CC3)s2)C1. The lowest BCUT2D eigenvalue weighted by molar-refractivity contribution is -0.0174. The maximum Gasteiger partial charge on any atom is 0.263 e. The number of carbonyl (C=O) groups excluding carboxylic acids is 1. The van der Waals surface area contributed by atoms with Crippen LogP contribution in [0.5, 0.6) is 0 Å². The van der Waals surface area contributed by atoms with Gasteiger partial charge in [0.05, 0.1) is 23.9 Å². The summed E-state index contributed by atoms with van der Waals surface area (Å²) in [5.74, 6) is 0.586. The van der Waals surface area contributed by atoms with Gasteiger partial charge in [0.1, 0.15) is 4.88 Å². The van der Waals surface area contributed by atoms with Crippen LogP contribution in [0.3, 0.4) is 0 Å². The van der Waals surface area contributed by atoms with Crippen molar-refractivity contribution < 1.29 is 9.53 Å². The topological polar surface area (TPSA) is 54.5 Å². The second-order valence-corrected chi connectivity index (χ2v) is 6.36. The number of likely N-dealkylation sites (N-methyl/N-ethyl adjacent to an activating group) is 1. The summed E-state index contributed by atoms with van der Waals surface area (Å²) in [5.41, 5.74) is 0. The molecule has 0 bridgehead atoms. The minimum atomic E-state index is -0.0266. The number of nitrogens with zero attached hydrogens (tertiary/aromatic N) is 2. The van der Waals surface area contributed by atoms with Crippen molar-refractivity contribution >= 4 is 17.2 Å². The summed E-state index contributed by atoms with van der Waals surface area (Å²) in [6.45, 7) is 3.14. The van der Waals surface area contributed by atoms with Gasteiger partial charge in [-0.1, -0.05) is 0 Å². The molecule has 0 radical (unpaired) electrons. The summed E-state index contributed by atoms with van der Waals surface area (Å²) in [5, 5.41) is 4.05. The molecule has 1 atom stereocenters. The number of amides is 1. The number of hydrogen-bond donors (Lipinski definition) is 1. The Morgan fingerprint density at radius 2 is 2.47 bits per heavy atom. The normalized spacial score (nSPS) is 24.4. The zero-order valence-electron chi connectivity index (χ0n) is 11.1. The summed E-state index contributed by atoms with van der Waals surface area (Å²) in [6.07, 6.45) is 4.23. The number of carbonyl (C=O) groups is 1. The van der Waals surface area contributed by atoms with E-state index in [1.54, 1.807) is 6.20 Å². The maximum absolute atomic E-state index is 12.0. The van der Waals surface area contributed by atoms with Crippen molar-refractivity contribution in [2.75, 3.05) is 33.3 Å². The highest BCUT2D eigenvalue weighted by molar-refractivity contribution is 7.13. The number of aromatic nitrogens is 1. The van der Waals surface area contributed by atoms with Gasteiger partial charge in [-0.25, -0.2) is 4.98 Å². The predicted molar refractivity (Wildman–Crippen MR) is 73.7 cm³/mol. The van der Waals surface area contributed by atoms with Crippen LogP contribution in [0, 0.1) is 0 Å². The van der Waals surface area contributed by atoms with Crippen LogP contribution in [0.25, 0.3) is 0 Å². The maximum atomic E-state index is 12.0. The number of nitrogens with one attached hydrogen (secondary N) is 1. The lowest BCUT2D eigenvalue weighted by Gasteiger charge is -2.29. The van der Waals surface area contributed by atoms with Crippen molar-refractivity contribution in [3.05, 3.63) is 16.1 Å². The molecule has 1 saturated heterocycles. The van der Waals surface area contributed by atoms with E-state index in [9.17, 15) is 4.79 Å². The highest BCUT2D eigenvalue weighted by atomic mass is 32.1. The van der Waals surface area contributed by atoms with E-state index in [-0.39, 0.29) is 12.0 Å². The third-order valence-electron chi connectivity index (χ3n) is 3.51. The Bertz CT molecular complexity index is 458. The van der Waals surface area contributed by atoms with Gasteiger partial charge in [0, 0.05) is 25.6 Å². The largest absolute Gasteiger partial charge is 0.374 e. The molecule has 1 N–H and O–H groups in total. The van der Waals surface area contributed by atoms with E-state index in [0.717, 1.165) is 24.7 Å². The average Bonchev–Trinajstić information content (AvgIpc) is 3.14. The molecule has 5 nitrogen and oxygen atoms in total. The average molecular weight is 281 g/mol. The molecular formula is C13H19N3O2S. The molecule has 1 amide bonds. The van der Waals surface area contributed by atoms with Crippen molar-refractivity contribution in [3.63, 3.8) is 0 Å². The molecular weight excluding hydrogens is 262 g/mol. The van der Waals surface area contributed by atoms with E-state index >= 15 is 0 Å². The molecule has 19 heavy (non-hydrogen) atoms. The fourth-order valence-corrected chi connectivity index (χ4v) is 3.20. The van der Waals surface area contributed by atoms with Crippen LogP contribution in [-0.2, 0) is 4.74 Å². The Balaban J connectivity index is 1.49. The quantitative estimate of drug-likeness (QED) is 0.897. The van der Waals surface area contributed by atoms with Crippen LogP contribution in [0.1, 0.15) is 33.4 Å². The summed E-state index contributed by atoms with van der Waals surface area (Å²) in [6, 6.07) is 0. The second-order valence-electron chi connectivity index (χ2n) is 5.30. The fraction of sp³-hybridized carbons (Fsp3) is 0.692. The Morgan fingerprint density at radius 1 is 1.63 bits per heavy atom. The lowest BCUT2D eigenvalue weighted by Crippen LogP contribution is -2.45. The van der Waals surface area contributed by atoms with Gasteiger partial charge in [-0.2, -0.15) is 0 Å². The first kappa shape index (κ1) is 13.0. The molecule has 0 spiro atoms. The van der Waals surface area contributed by atoms with E-state index in [0.29, 0.717) is 17.3 Å². The summed E-state index contributed by atoms with van der Waals surface area (Å²) >= 11 is 1.52. The Hall–Kier alpha value is -0.980. The van der Waals surface area contributed by atoms with Crippen LogP contribution in [0.4, 0.5) is 0 Å². The first-order chi connectivity index (χ1) is 9.22. The standard InChI is InChI=1S/C13H19N3O2S/c1-16-4-5-18-10(8-16)6-14-12(17)11-7-15-13(19-11)9-2-3-9/h7,9-10H,2-6,8H2,1H3,(H,14,17).